The average molecular weight is 301 g/mol. The second-order valence-electron chi connectivity index (χ2n) is 5.90. The van der Waals surface area contributed by atoms with Crippen LogP contribution in [0.5, 0.6) is 0 Å². The van der Waals surface area contributed by atoms with Crippen molar-refractivity contribution in [2.75, 3.05) is 0 Å². The monoisotopic (exact) mass is 300 g/mol. The lowest BCUT2D eigenvalue weighted by Gasteiger charge is -2.11. The molecule has 1 atom stereocenters. The van der Waals surface area contributed by atoms with Crippen LogP contribution in [-0.2, 0) is 6.54 Å². The first kappa shape index (κ1) is 14.4. The summed E-state index contributed by atoms with van der Waals surface area (Å²) in [6.07, 6.45) is 2.58. The highest BCUT2D eigenvalue weighted by molar-refractivity contribution is 6.08. The molecule has 3 heteroatoms. The van der Waals surface area contributed by atoms with E-state index in [1.165, 1.54) is 40.2 Å². The molecule has 0 saturated heterocycles. The molecule has 1 aromatic heterocycles. The number of fused-ring (bicyclic) bond motifs is 3. The van der Waals surface area contributed by atoms with E-state index in [1.807, 2.05) is 0 Å². The molecule has 0 radical (unpaired) electrons. The van der Waals surface area contributed by atoms with Gasteiger partial charge in [0.1, 0.15) is 0 Å². The van der Waals surface area contributed by atoms with Crippen LogP contribution in [0.25, 0.3) is 21.8 Å². The van der Waals surface area contributed by atoms with Gasteiger partial charge in [-0.1, -0.05) is 24.3 Å². The van der Waals surface area contributed by atoms with Gasteiger partial charge in [-0.05, 0) is 49.4 Å². The number of nitrogens with two attached hydrogens (primary N) is 1. The molecule has 4 rings (SSSR count). The van der Waals surface area contributed by atoms with Crippen LogP contribution in [0.2, 0.25) is 0 Å². The van der Waals surface area contributed by atoms with Gasteiger partial charge in [0.2, 0.25) is 0 Å². The van der Waals surface area contributed by atoms with Gasteiger partial charge in [0.15, 0.2) is 0 Å². The maximum atomic E-state index is 6.37. The van der Waals surface area contributed by atoms with E-state index in [4.69, 9.17) is 5.73 Å². The molecule has 2 N–H and O–H groups in total. The lowest BCUT2D eigenvalue weighted by Crippen LogP contribution is -2.12. The summed E-state index contributed by atoms with van der Waals surface area (Å²) in [5.41, 5.74) is 10.3. The minimum absolute atomic E-state index is 0. The van der Waals surface area contributed by atoms with Gasteiger partial charge in [-0.25, -0.2) is 0 Å². The van der Waals surface area contributed by atoms with E-state index in [-0.39, 0.29) is 18.4 Å². The highest BCUT2D eigenvalue weighted by Crippen LogP contribution is 2.40. The SMILES string of the molecule is CCn1c2ccccc2c2cc([C@@H](N)C3CC3)ccc21.Cl. The van der Waals surface area contributed by atoms with E-state index in [0.717, 1.165) is 6.54 Å². The summed E-state index contributed by atoms with van der Waals surface area (Å²) in [6.45, 7) is 3.20. The van der Waals surface area contributed by atoms with Crippen LogP contribution in [0.15, 0.2) is 42.5 Å². The molecule has 110 valence electrons. The number of para-hydroxylation sites is 1. The minimum atomic E-state index is 0. The summed E-state index contributed by atoms with van der Waals surface area (Å²) >= 11 is 0. The third-order valence-electron chi connectivity index (χ3n) is 4.63. The van der Waals surface area contributed by atoms with Crippen LogP contribution in [0.1, 0.15) is 31.4 Å². The largest absolute Gasteiger partial charge is 0.341 e. The highest BCUT2D eigenvalue weighted by atomic mass is 35.5. The number of hydrogen-bond acceptors (Lipinski definition) is 1. The van der Waals surface area contributed by atoms with Crippen molar-refractivity contribution in [1.82, 2.24) is 4.57 Å². The van der Waals surface area contributed by atoms with E-state index in [2.05, 4.69) is 54.0 Å². The van der Waals surface area contributed by atoms with Gasteiger partial charge in [-0.15, -0.1) is 12.4 Å². The molecule has 0 unspecified atom stereocenters. The zero-order chi connectivity index (χ0) is 13.7. The maximum absolute atomic E-state index is 6.37. The Morgan fingerprint density at radius 2 is 1.81 bits per heavy atom. The number of hydrogen-bond donors (Lipinski definition) is 1. The van der Waals surface area contributed by atoms with Crippen molar-refractivity contribution < 1.29 is 0 Å². The molecule has 1 aliphatic carbocycles. The van der Waals surface area contributed by atoms with Crippen molar-refractivity contribution in [3.05, 3.63) is 48.0 Å². The number of benzene rings is 2. The molecule has 0 aliphatic heterocycles. The van der Waals surface area contributed by atoms with Gasteiger partial charge in [-0.2, -0.15) is 0 Å². The molecule has 2 aromatic carbocycles. The first-order valence-corrected chi connectivity index (χ1v) is 7.56. The molecule has 0 bridgehead atoms. The second-order valence-corrected chi connectivity index (χ2v) is 5.90. The molecule has 0 amide bonds. The minimum Gasteiger partial charge on any atom is -0.341 e. The van der Waals surface area contributed by atoms with Crippen LogP contribution < -0.4 is 5.73 Å². The second kappa shape index (κ2) is 5.36. The first-order chi connectivity index (χ1) is 9.79. The Balaban J connectivity index is 0.00000132. The number of halogens is 1. The van der Waals surface area contributed by atoms with Gasteiger partial charge in [-0.3, -0.25) is 0 Å². The van der Waals surface area contributed by atoms with Crippen molar-refractivity contribution in [2.45, 2.75) is 32.4 Å². The van der Waals surface area contributed by atoms with Gasteiger partial charge in [0.05, 0.1) is 0 Å². The van der Waals surface area contributed by atoms with Crippen LogP contribution in [0.3, 0.4) is 0 Å². The Morgan fingerprint density at radius 1 is 1.10 bits per heavy atom. The van der Waals surface area contributed by atoms with Crippen molar-refractivity contribution in [3.8, 4) is 0 Å². The van der Waals surface area contributed by atoms with Crippen LogP contribution >= 0.6 is 12.4 Å². The topological polar surface area (TPSA) is 30.9 Å². The molecule has 1 aliphatic rings. The van der Waals surface area contributed by atoms with Crippen molar-refractivity contribution >= 4 is 34.2 Å². The lowest BCUT2D eigenvalue weighted by atomic mass is 10.0. The van der Waals surface area contributed by atoms with Gasteiger partial charge < -0.3 is 10.3 Å². The summed E-state index contributed by atoms with van der Waals surface area (Å²) in [7, 11) is 0. The van der Waals surface area contributed by atoms with E-state index in [1.54, 1.807) is 0 Å². The highest BCUT2D eigenvalue weighted by Gasteiger charge is 2.29. The summed E-state index contributed by atoms with van der Waals surface area (Å²) in [5, 5.41) is 2.69. The van der Waals surface area contributed by atoms with E-state index in [0.29, 0.717) is 5.92 Å². The zero-order valence-electron chi connectivity index (χ0n) is 12.3. The third-order valence-corrected chi connectivity index (χ3v) is 4.63. The predicted octanol–water partition coefficient (Wildman–Crippen LogP) is 4.65. The van der Waals surface area contributed by atoms with Crippen molar-refractivity contribution in [2.24, 2.45) is 11.7 Å². The molecule has 0 spiro atoms. The summed E-state index contributed by atoms with van der Waals surface area (Å²) in [5.74, 6) is 0.701. The quantitative estimate of drug-likeness (QED) is 0.750. The Kier molecular flexibility index (Phi) is 3.68. The normalized spacial score (nSPS) is 16.1. The maximum Gasteiger partial charge on any atom is 0.0491 e. The van der Waals surface area contributed by atoms with Gasteiger partial charge in [0, 0.05) is 34.4 Å². The predicted molar refractivity (Wildman–Crippen MR) is 92.0 cm³/mol. The zero-order valence-corrected chi connectivity index (χ0v) is 13.1. The van der Waals surface area contributed by atoms with Crippen LogP contribution in [0, 0.1) is 5.92 Å². The molecule has 1 saturated carbocycles. The fourth-order valence-corrected chi connectivity index (χ4v) is 3.35. The summed E-state index contributed by atoms with van der Waals surface area (Å²) < 4.78 is 2.39. The molecule has 2 nitrogen and oxygen atoms in total. The average Bonchev–Trinajstić information content (AvgIpc) is 3.29. The Hall–Kier alpha value is -1.51. The Bertz CT molecular complexity index is 786. The summed E-state index contributed by atoms with van der Waals surface area (Å²) in [4.78, 5) is 0. The third kappa shape index (κ3) is 2.23. The van der Waals surface area contributed by atoms with Crippen molar-refractivity contribution in [1.29, 1.82) is 0 Å². The molecule has 21 heavy (non-hydrogen) atoms. The van der Waals surface area contributed by atoms with E-state index < -0.39 is 0 Å². The lowest BCUT2D eigenvalue weighted by molar-refractivity contribution is 0.634. The standard InChI is InChI=1S/C18H20N2.ClH/c1-2-20-16-6-4-3-5-14(16)15-11-13(9-10-17(15)20)18(19)12-7-8-12;/h3-6,9-12,18H,2,7-8,19H2,1H3;1H/t18-;/m0./s1. The fraction of sp³-hybridized carbons (Fsp3) is 0.333. The Morgan fingerprint density at radius 3 is 2.52 bits per heavy atom. The number of aryl methyl sites for hydroxylation is 1. The van der Waals surface area contributed by atoms with E-state index in [9.17, 15) is 0 Å². The number of nitrogens with zero attached hydrogens (tertiary/aromatic N) is 1. The number of rotatable bonds is 3. The first-order valence-electron chi connectivity index (χ1n) is 7.56. The smallest absolute Gasteiger partial charge is 0.0491 e. The van der Waals surface area contributed by atoms with Crippen LogP contribution in [0.4, 0.5) is 0 Å². The van der Waals surface area contributed by atoms with Crippen molar-refractivity contribution in [3.63, 3.8) is 0 Å². The number of aromatic nitrogens is 1. The molecular weight excluding hydrogens is 280 g/mol. The van der Waals surface area contributed by atoms with Crippen LogP contribution in [-0.4, -0.2) is 4.57 Å². The Labute approximate surface area is 131 Å². The molecule has 1 heterocycles. The fourth-order valence-electron chi connectivity index (χ4n) is 3.35. The molecule has 3 aromatic rings. The van der Waals surface area contributed by atoms with E-state index >= 15 is 0 Å². The summed E-state index contributed by atoms with van der Waals surface area (Å²) in [6, 6.07) is 15.7. The van der Waals surface area contributed by atoms with Gasteiger partial charge >= 0.3 is 0 Å². The molecular formula is C18H21ClN2. The molecule has 1 fully saturated rings. The van der Waals surface area contributed by atoms with Gasteiger partial charge in [0.25, 0.3) is 0 Å².